The second kappa shape index (κ2) is 8.69. The van der Waals surface area contributed by atoms with Gasteiger partial charge in [0.05, 0.1) is 17.8 Å². The Labute approximate surface area is 180 Å². The molecule has 0 aliphatic carbocycles. The van der Waals surface area contributed by atoms with Crippen molar-refractivity contribution in [2.45, 2.75) is 33.4 Å². The van der Waals surface area contributed by atoms with Gasteiger partial charge in [-0.15, -0.1) is 0 Å². The van der Waals surface area contributed by atoms with Crippen molar-refractivity contribution in [3.63, 3.8) is 0 Å². The molecule has 2 heterocycles. The second-order valence-corrected chi connectivity index (χ2v) is 8.02. The summed E-state index contributed by atoms with van der Waals surface area (Å²) in [6.45, 7) is 5.02. The zero-order valence-corrected chi connectivity index (χ0v) is 18.3. The van der Waals surface area contributed by atoms with Gasteiger partial charge in [0.15, 0.2) is 0 Å². The molecule has 2 aromatic rings. The topological polar surface area (TPSA) is 79.5 Å². The lowest BCUT2D eigenvalue weighted by atomic mass is 9.93. The number of likely N-dealkylation sites (N-methyl/N-ethyl adjacent to an activating group) is 1. The number of nitrogens with zero attached hydrogens (tertiary/aromatic N) is 3. The number of nitrogens with two attached hydrogens (primary N) is 1. The number of rotatable bonds is 6. The van der Waals surface area contributed by atoms with Gasteiger partial charge in [-0.3, -0.25) is 14.6 Å². The van der Waals surface area contributed by atoms with Crippen molar-refractivity contribution in [3.05, 3.63) is 50.8 Å². The smallest absolute Gasteiger partial charge is 0.257 e. The van der Waals surface area contributed by atoms with Gasteiger partial charge in [-0.1, -0.05) is 36.2 Å². The van der Waals surface area contributed by atoms with Crippen molar-refractivity contribution in [1.29, 1.82) is 0 Å². The maximum absolute atomic E-state index is 13.3. The largest absolute Gasteiger partial charge is 0.344 e. The van der Waals surface area contributed by atoms with Crippen molar-refractivity contribution in [2.24, 2.45) is 5.73 Å². The minimum atomic E-state index is -0.235. The van der Waals surface area contributed by atoms with Crippen molar-refractivity contribution < 1.29 is 9.59 Å². The van der Waals surface area contributed by atoms with Crippen LogP contribution < -0.4 is 5.73 Å². The molecule has 154 valence electrons. The summed E-state index contributed by atoms with van der Waals surface area (Å²) in [5, 5.41) is 0.943. The van der Waals surface area contributed by atoms with Crippen molar-refractivity contribution in [2.75, 3.05) is 20.1 Å². The number of amides is 2. The lowest BCUT2D eigenvalue weighted by molar-refractivity contribution is -0.130. The first kappa shape index (κ1) is 21.6. The Bertz CT molecular complexity index is 978. The number of benzene rings is 1. The van der Waals surface area contributed by atoms with Crippen molar-refractivity contribution >= 4 is 35.0 Å². The molecule has 1 aromatic heterocycles. The number of carbonyl (C=O) groups is 2. The summed E-state index contributed by atoms with van der Waals surface area (Å²) >= 11 is 12.5. The molecule has 8 heteroatoms. The van der Waals surface area contributed by atoms with Gasteiger partial charge in [0, 0.05) is 47.0 Å². The Morgan fingerprint density at radius 1 is 1.31 bits per heavy atom. The lowest BCUT2D eigenvalue weighted by Gasteiger charge is -2.21. The Kier molecular flexibility index (Phi) is 6.46. The zero-order chi connectivity index (χ0) is 21.3. The van der Waals surface area contributed by atoms with Crippen molar-refractivity contribution in [1.82, 2.24) is 14.8 Å². The molecule has 0 bridgehead atoms. The van der Waals surface area contributed by atoms with E-state index in [1.807, 2.05) is 13.8 Å². The van der Waals surface area contributed by atoms with Crippen LogP contribution in [0.2, 0.25) is 10.0 Å². The Morgan fingerprint density at radius 3 is 2.66 bits per heavy atom. The fraction of sp³-hybridized carbons (Fsp3) is 0.381. The first-order valence-electron chi connectivity index (χ1n) is 9.49. The number of halogens is 2. The van der Waals surface area contributed by atoms with E-state index in [0.29, 0.717) is 39.0 Å². The predicted molar refractivity (Wildman–Crippen MR) is 115 cm³/mol. The number of fused-ring (bicyclic) bond motifs is 1. The molecule has 0 unspecified atom stereocenters. The van der Waals surface area contributed by atoms with Gasteiger partial charge in [-0.25, -0.2) is 0 Å². The highest BCUT2D eigenvalue weighted by Crippen LogP contribution is 2.39. The molecule has 1 aliphatic rings. The van der Waals surface area contributed by atoms with E-state index in [-0.39, 0.29) is 31.4 Å². The molecule has 0 radical (unpaired) electrons. The van der Waals surface area contributed by atoms with Gasteiger partial charge < -0.3 is 15.5 Å². The third-order valence-corrected chi connectivity index (χ3v) is 5.68. The molecule has 1 aliphatic heterocycles. The first-order valence-corrected chi connectivity index (χ1v) is 10.2. The summed E-state index contributed by atoms with van der Waals surface area (Å²) in [6.07, 6.45) is 0.857. The number of hydrogen-bond acceptors (Lipinski definition) is 4. The van der Waals surface area contributed by atoms with Crippen molar-refractivity contribution in [3.8, 4) is 11.1 Å². The van der Waals surface area contributed by atoms with Crippen LogP contribution >= 0.6 is 23.2 Å². The minimum Gasteiger partial charge on any atom is -0.344 e. The molecule has 0 atom stereocenters. The third kappa shape index (κ3) is 4.10. The number of aromatic nitrogens is 1. The number of carbonyl (C=O) groups excluding carboxylic acids is 2. The van der Waals surface area contributed by atoms with Crippen LogP contribution in [-0.4, -0.2) is 46.7 Å². The standard InChI is InChI=1S/C21H24Cl2N4O2/c1-4-7-26(3)18(28)11-27-10-17-20(21(27)29)19(15(9-24)12(2)25-17)14-6-5-13(22)8-16(14)23/h5-6,8H,4,7,9-11,24H2,1-3H3. The molecule has 2 N–H and O–H groups in total. The summed E-state index contributed by atoms with van der Waals surface area (Å²) in [5.41, 5.74) is 9.97. The summed E-state index contributed by atoms with van der Waals surface area (Å²) < 4.78 is 0. The first-order chi connectivity index (χ1) is 13.8. The summed E-state index contributed by atoms with van der Waals surface area (Å²) in [5.74, 6) is -0.337. The summed E-state index contributed by atoms with van der Waals surface area (Å²) in [6, 6.07) is 5.15. The molecule has 3 rings (SSSR count). The maximum atomic E-state index is 13.3. The molecule has 0 saturated carbocycles. The summed E-state index contributed by atoms with van der Waals surface area (Å²) in [4.78, 5) is 33.5. The average Bonchev–Trinajstić information content (AvgIpc) is 2.96. The Balaban J connectivity index is 2.07. The molecule has 1 aromatic carbocycles. The quantitative estimate of drug-likeness (QED) is 0.752. The van der Waals surface area contributed by atoms with Crippen LogP contribution in [0.5, 0.6) is 0 Å². The monoisotopic (exact) mass is 434 g/mol. The SMILES string of the molecule is CCCN(C)C(=O)CN1Cc2nc(C)c(CN)c(-c3ccc(Cl)cc3Cl)c2C1=O. The molecule has 0 saturated heterocycles. The van der Waals surface area contributed by atoms with Crippen LogP contribution in [0, 0.1) is 6.92 Å². The van der Waals surface area contributed by atoms with Gasteiger partial charge >= 0.3 is 0 Å². The van der Waals surface area contributed by atoms with Crippen LogP contribution in [0.3, 0.4) is 0 Å². The van der Waals surface area contributed by atoms with Gasteiger partial charge in [-0.05, 0) is 31.0 Å². The van der Waals surface area contributed by atoms with E-state index in [1.165, 1.54) is 4.90 Å². The molecule has 0 spiro atoms. The van der Waals surface area contributed by atoms with E-state index >= 15 is 0 Å². The van der Waals surface area contributed by atoms with E-state index in [1.54, 1.807) is 30.1 Å². The van der Waals surface area contributed by atoms with Gasteiger partial charge in [-0.2, -0.15) is 0 Å². The fourth-order valence-corrected chi connectivity index (χ4v) is 4.17. The number of hydrogen-bond donors (Lipinski definition) is 1. The Hall–Kier alpha value is -2.15. The average molecular weight is 435 g/mol. The fourth-order valence-electron chi connectivity index (χ4n) is 3.67. The van der Waals surface area contributed by atoms with Crippen LogP contribution in [-0.2, 0) is 17.9 Å². The van der Waals surface area contributed by atoms with E-state index in [4.69, 9.17) is 28.9 Å². The molecule has 6 nitrogen and oxygen atoms in total. The highest BCUT2D eigenvalue weighted by molar-refractivity contribution is 6.36. The number of pyridine rings is 1. The summed E-state index contributed by atoms with van der Waals surface area (Å²) in [7, 11) is 1.74. The van der Waals surface area contributed by atoms with E-state index in [2.05, 4.69) is 4.98 Å². The van der Waals surface area contributed by atoms with Gasteiger partial charge in [0.25, 0.3) is 5.91 Å². The minimum absolute atomic E-state index is 0.0104. The molecule has 0 fully saturated rings. The highest BCUT2D eigenvalue weighted by atomic mass is 35.5. The van der Waals surface area contributed by atoms with Crippen LogP contribution in [0.15, 0.2) is 18.2 Å². The van der Waals surface area contributed by atoms with Gasteiger partial charge in [0.2, 0.25) is 5.91 Å². The van der Waals surface area contributed by atoms with Crippen LogP contribution in [0.1, 0.15) is 40.7 Å². The number of aryl methyl sites for hydroxylation is 1. The molecular weight excluding hydrogens is 411 g/mol. The maximum Gasteiger partial charge on any atom is 0.257 e. The van der Waals surface area contributed by atoms with E-state index in [0.717, 1.165) is 17.7 Å². The molecular formula is C21H24Cl2N4O2. The lowest BCUT2D eigenvalue weighted by Crippen LogP contribution is -2.38. The third-order valence-electron chi connectivity index (χ3n) is 5.14. The highest BCUT2D eigenvalue weighted by Gasteiger charge is 2.35. The molecule has 2 amide bonds. The van der Waals surface area contributed by atoms with Gasteiger partial charge in [0.1, 0.15) is 6.54 Å². The molecule has 29 heavy (non-hydrogen) atoms. The predicted octanol–water partition coefficient (Wildman–Crippen LogP) is 3.65. The Morgan fingerprint density at radius 2 is 2.03 bits per heavy atom. The normalized spacial score (nSPS) is 13.0. The van der Waals surface area contributed by atoms with E-state index < -0.39 is 0 Å². The van der Waals surface area contributed by atoms with Crippen LogP contribution in [0.4, 0.5) is 0 Å². The second-order valence-electron chi connectivity index (χ2n) is 7.18. The van der Waals surface area contributed by atoms with E-state index in [9.17, 15) is 9.59 Å². The zero-order valence-electron chi connectivity index (χ0n) is 16.8. The van der Waals surface area contributed by atoms with Crippen LogP contribution in [0.25, 0.3) is 11.1 Å².